The highest BCUT2D eigenvalue weighted by atomic mass is 127. The van der Waals surface area contributed by atoms with Crippen molar-refractivity contribution in [3.8, 4) is 0 Å². The summed E-state index contributed by atoms with van der Waals surface area (Å²) < 4.78 is 5.77. The highest BCUT2D eigenvalue weighted by molar-refractivity contribution is 14.1. The molecule has 2 aromatic heterocycles. The molecule has 0 fully saturated rings. The second-order valence-electron chi connectivity index (χ2n) is 4.07. The molecule has 18 heavy (non-hydrogen) atoms. The first-order valence-electron chi connectivity index (χ1n) is 5.67. The fourth-order valence-corrected chi connectivity index (χ4v) is 4.68. The van der Waals surface area contributed by atoms with Crippen molar-refractivity contribution in [3.63, 3.8) is 0 Å². The van der Waals surface area contributed by atoms with Crippen LogP contribution < -0.4 is 0 Å². The largest absolute Gasteiger partial charge is 0.465 e. The first-order chi connectivity index (χ1) is 8.51. The van der Waals surface area contributed by atoms with Gasteiger partial charge in [-0.25, -0.2) is 9.78 Å². The van der Waals surface area contributed by atoms with Crippen LogP contribution in [-0.2, 0) is 11.2 Å². The zero-order chi connectivity index (χ0) is 13.4. The standard InChI is InChI=1S/C13H14INO2S/c1-5-8-6(2)9-10(14)11(13(16)17-4)18-12(9)15-7(8)3/h5H2,1-4H3. The quantitative estimate of drug-likeness (QED) is 0.591. The number of fused-ring (bicyclic) bond motifs is 1. The van der Waals surface area contributed by atoms with Crippen molar-refractivity contribution in [1.29, 1.82) is 0 Å². The number of pyridine rings is 1. The maximum absolute atomic E-state index is 11.7. The van der Waals surface area contributed by atoms with Gasteiger partial charge in [-0.2, -0.15) is 0 Å². The Morgan fingerprint density at radius 2 is 2.11 bits per heavy atom. The van der Waals surface area contributed by atoms with Crippen LogP contribution in [0.3, 0.4) is 0 Å². The molecule has 3 nitrogen and oxygen atoms in total. The molecule has 0 N–H and O–H groups in total. The van der Waals surface area contributed by atoms with Gasteiger partial charge >= 0.3 is 5.97 Å². The number of carbonyl (C=O) groups excluding carboxylic acids is 1. The van der Waals surface area contributed by atoms with Crippen LogP contribution in [0, 0.1) is 17.4 Å². The van der Waals surface area contributed by atoms with E-state index in [0.29, 0.717) is 4.88 Å². The number of aromatic nitrogens is 1. The lowest BCUT2D eigenvalue weighted by Gasteiger charge is -2.08. The van der Waals surface area contributed by atoms with E-state index in [0.717, 1.165) is 25.9 Å². The molecule has 0 radical (unpaired) electrons. The number of hydrogen-bond acceptors (Lipinski definition) is 4. The number of esters is 1. The second kappa shape index (κ2) is 5.13. The predicted octanol–water partition coefficient (Wildman–Crippen LogP) is 3.87. The van der Waals surface area contributed by atoms with E-state index in [1.807, 2.05) is 6.92 Å². The molecule has 2 heterocycles. The number of halogens is 1. The van der Waals surface area contributed by atoms with Gasteiger partial charge in [-0.3, -0.25) is 0 Å². The first kappa shape index (κ1) is 13.7. The van der Waals surface area contributed by atoms with Crippen molar-refractivity contribution in [2.45, 2.75) is 27.2 Å². The van der Waals surface area contributed by atoms with Crippen LogP contribution in [0.25, 0.3) is 10.2 Å². The predicted molar refractivity (Wildman–Crippen MR) is 82.5 cm³/mol. The highest BCUT2D eigenvalue weighted by Gasteiger charge is 2.21. The number of rotatable bonds is 2. The molecule has 96 valence electrons. The molecule has 0 saturated heterocycles. The van der Waals surface area contributed by atoms with Gasteiger partial charge in [0.05, 0.1) is 7.11 Å². The minimum atomic E-state index is -0.280. The molecular formula is C13H14INO2S. The smallest absolute Gasteiger partial charge is 0.349 e. The molecule has 0 atom stereocenters. The number of hydrogen-bond donors (Lipinski definition) is 0. The lowest BCUT2D eigenvalue weighted by atomic mass is 10.0. The summed E-state index contributed by atoms with van der Waals surface area (Å²) in [4.78, 5) is 17.9. The fourth-order valence-electron chi connectivity index (χ4n) is 2.19. The SMILES string of the molecule is CCc1c(C)nc2sc(C(=O)OC)c(I)c2c1C. The lowest BCUT2D eigenvalue weighted by Crippen LogP contribution is -2.00. The van der Waals surface area contributed by atoms with E-state index in [9.17, 15) is 4.79 Å². The third-order valence-corrected chi connectivity index (χ3v) is 5.60. The van der Waals surface area contributed by atoms with Crippen LogP contribution in [0.4, 0.5) is 0 Å². The van der Waals surface area contributed by atoms with Crippen molar-refractivity contribution in [3.05, 3.63) is 25.3 Å². The van der Waals surface area contributed by atoms with Crippen molar-refractivity contribution < 1.29 is 9.53 Å². The summed E-state index contributed by atoms with van der Waals surface area (Å²) in [5, 5.41) is 1.10. The number of aryl methyl sites for hydroxylation is 2. The minimum absolute atomic E-state index is 0.280. The maximum atomic E-state index is 11.7. The molecule has 0 unspecified atom stereocenters. The van der Waals surface area contributed by atoms with Crippen LogP contribution >= 0.6 is 33.9 Å². The average molecular weight is 375 g/mol. The molecular weight excluding hydrogens is 361 g/mol. The van der Waals surface area contributed by atoms with E-state index in [4.69, 9.17) is 4.74 Å². The van der Waals surface area contributed by atoms with Crippen LogP contribution in [0.15, 0.2) is 0 Å². The minimum Gasteiger partial charge on any atom is -0.465 e. The zero-order valence-electron chi connectivity index (χ0n) is 10.8. The Kier molecular flexibility index (Phi) is 3.91. The molecule has 5 heteroatoms. The van der Waals surface area contributed by atoms with Gasteiger partial charge in [-0.05, 0) is 54.0 Å². The van der Waals surface area contributed by atoms with Gasteiger partial charge in [-0.1, -0.05) is 6.92 Å². The Morgan fingerprint density at radius 3 is 2.67 bits per heavy atom. The Balaban J connectivity index is 2.81. The summed E-state index contributed by atoms with van der Waals surface area (Å²) in [7, 11) is 1.41. The summed E-state index contributed by atoms with van der Waals surface area (Å²) in [5.74, 6) is -0.280. The van der Waals surface area contributed by atoms with E-state index < -0.39 is 0 Å². The van der Waals surface area contributed by atoms with Crippen molar-refractivity contribution in [2.24, 2.45) is 0 Å². The van der Waals surface area contributed by atoms with Crippen molar-refractivity contribution in [2.75, 3.05) is 7.11 Å². The summed E-state index contributed by atoms with van der Waals surface area (Å²) in [6.07, 6.45) is 0.958. The molecule has 2 rings (SSSR count). The second-order valence-corrected chi connectivity index (χ2v) is 6.15. The van der Waals surface area contributed by atoms with E-state index in [1.165, 1.54) is 29.6 Å². The van der Waals surface area contributed by atoms with Crippen LogP contribution in [-0.4, -0.2) is 18.1 Å². The maximum Gasteiger partial charge on any atom is 0.349 e. The van der Waals surface area contributed by atoms with Crippen LogP contribution in [0.5, 0.6) is 0 Å². The molecule has 0 amide bonds. The topological polar surface area (TPSA) is 39.2 Å². The first-order valence-corrected chi connectivity index (χ1v) is 7.57. The number of ether oxygens (including phenoxy) is 1. The van der Waals surface area contributed by atoms with E-state index in [2.05, 4.69) is 41.4 Å². The Morgan fingerprint density at radius 1 is 1.44 bits per heavy atom. The van der Waals surface area contributed by atoms with Gasteiger partial charge in [-0.15, -0.1) is 11.3 Å². The van der Waals surface area contributed by atoms with Gasteiger partial charge in [0.15, 0.2) is 0 Å². The van der Waals surface area contributed by atoms with E-state index >= 15 is 0 Å². The molecule has 0 aromatic carbocycles. The average Bonchev–Trinajstić information content (AvgIpc) is 2.66. The third-order valence-electron chi connectivity index (χ3n) is 3.09. The molecule has 2 aromatic rings. The number of thiophene rings is 1. The Bertz CT molecular complexity index is 634. The number of methoxy groups -OCH3 is 1. The van der Waals surface area contributed by atoms with Crippen molar-refractivity contribution >= 4 is 50.1 Å². The number of carbonyl (C=O) groups is 1. The molecule has 0 saturated carbocycles. The fraction of sp³-hybridized carbons (Fsp3) is 0.385. The van der Waals surface area contributed by atoms with Gasteiger partial charge in [0.25, 0.3) is 0 Å². The highest BCUT2D eigenvalue weighted by Crippen LogP contribution is 2.36. The van der Waals surface area contributed by atoms with E-state index in [1.54, 1.807) is 0 Å². The van der Waals surface area contributed by atoms with E-state index in [-0.39, 0.29) is 5.97 Å². The monoisotopic (exact) mass is 375 g/mol. The molecule has 0 spiro atoms. The summed E-state index contributed by atoms with van der Waals surface area (Å²) in [6, 6.07) is 0. The molecule has 0 aliphatic rings. The normalized spacial score (nSPS) is 10.9. The number of nitrogens with zero attached hydrogens (tertiary/aromatic N) is 1. The molecule has 0 aliphatic heterocycles. The van der Waals surface area contributed by atoms with Gasteiger partial charge in [0.1, 0.15) is 9.71 Å². The summed E-state index contributed by atoms with van der Waals surface area (Å²) in [6.45, 7) is 6.25. The zero-order valence-corrected chi connectivity index (χ0v) is 13.7. The Labute approximate surface area is 124 Å². The summed E-state index contributed by atoms with van der Waals surface area (Å²) >= 11 is 3.62. The van der Waals surface area contributed by atoms with Crippen molar-refractivity contribution in [1.82, 2.24) is 4.98 Å². The third kappa shape index (κ3) is 2.03. The van der Waals surface area contributed by atoms with Gasteiger partial charge < -0.3 is 4.74 Å². The Hall–Kier alpha value is -0.690. The lowest BCUT2D eigenvalue weighted by molar-refractivity contribution is 0.0605. The molecule has 0 aliphatic carbocycles. The molecule has 0 bridgehead atoms. The van der Waals surface area contributed by atoms with Gasteiger partial charge in [0, 0.05) is 14.7 Å². The van der Waals surface area contributed by atoms with Gasteiger partial charge in [0.2, 0.25) is 0 Å². The summed E-state index contributed by atoms with van der Waals surface area (Å²) in [5.41, 5.74) is 3.56. The van der Waals surface area contributed by atoms with Crippen LogP contribution in [0.1, 0.15) is 33.4 Å². The van der Waals surface area contributed by atoms with Crippen LogP contribution in [0.2, 0.25) is 0 Å².